The van der Waals surface area contributed by atoms with E-state index in [1.54, 1.807) is 24.9 Å². The topological polar surface area (TPSA) is 43.6 Å². The zero-order valence-corrected chi connectivity index (χ0v) is 8.56. The molecule has 0 radical (unpaired) electrons. The van der Waals surface area contributed by atoms with Crippen LogP contribution in [0.15, 0.2) is 29.4 Å². The highest BCUT2D eigenvalue weighted by atomic mass is 79.9. The highest BCUT2D eigenvalue weighted by Crippen LogP contribution is 2.08. The zero-order valence-electron chi connectivity index (χ0n) is 6.98. The quantitative estimate of drug-likeness (QED) is 0.761. The van der Waals surface area contributed by atoms with Crippen LogP contribution in [0.3, 0.4) is 0 Å². The van der Waals surface area contributed by atoms with Crippen LogP contribution in [0, 0.1) is 6.92 Å². The summed E-state index contributed by atoms with van der Waals surface area (Å²) in [6.07, 6.45) is 6.88. The number of halogens is 1. The van der Waals surface area contributed by atoms with Crippen molar-refractivity contribution in [2.75, 3.05) is 0 Å². The van der Waals surface area contributed by atoms with Gasteiger partial charge in [-0.2, -0.15) is 0 Å². The minimum Gasteiger partial charge on any atom is -0.272 e. The van der Waals surface area contributed by atoms with Crippen LogP contribution in [0.5, 0.6) is 0 Å². The molecule has 0 bridgehead atoms. The summed E-state index contributed by atoms with van der Waals surface area (Å²) < 4.78 is 2.70. The first kappa shape index (κ1) is 8.37. The smallest absolute Gasteiger partial charge is 0.235 e. The lowest BCUT2D eigenvalue weighted by Gasteiger charge is -2.01. The SMILES string of the molecule is Cc1cncn1-c1ncc(Br)cn1. The van der Waals surface area contributed by atoms with Crippen molar-refractivity contribution in [2.24, 2.45) is 0 Å². The fourth-order valence-corrected chi connectivity index (χ4v) is 1.21. The van der Waals surface area contributed by atoms with E-state index < -0.39 is 0 Å². The molecule has 2 aromatic heterocycles. The molecule has 0 aliphatic carbocycles. The van der Waals surface area contributed by atoms with Gasteiger partial charge < -0.3 is 0 Å². The molecule has 4 nitrogen and oxygen atoms in total. The highest BCUT2D eigenvalue weighted by molar-refractivity contribution is 9.10. The first-order chi connectivity index (χ1) is 6.27. The Balaban J connectivity index is 2.47. The van der Waals surface area contributed by atoms with E-state index in [1.807, 2.05) is 11.5 Å². The molecular weight excluding hydrogens is 232 g/mol. The Kier molecular flexibility index (Phi) is 2.10. The molecule has 2 rings (SSSR count). The molecule has 5 heteroatoms. The average Bonchev–Trinajstić information content (AvgIpc) is 2.53. The number of nitrogens with zero attached hydrogens (tertiary/aromatic N) is 4. The van der Waals surface area contributed by atoms with Crippen LogP contribution in [-0.2, 0) is 0 Å². The van der Waals surface area contributed by atoms with Gasteiger partial charge in [0.15, 0.2) is 0 Å². The maximum Gasteiger partial charge on any atom is 0.235 e. The lowest BCUT2D eigenvalue weighted by molar-refractivity contribution is 0.893. The van der Waals surface area contributed by atoms with Gasteiger partial charge in [-0.1, -0.05) is 0 Å². The van der Waals surface area contributed by atoms with E-state index in [4.69, 9.17) is 0 Å². The summed E-state index contributed by atoms with van der Waals surface area (Å²) in [6.45, 7) is 1.96. The molecule has 0 N–H and O–H groups in total. The minimum atomic E-state index is 0.637. The molecule has 0 amide bonds. The second-order valence-electron chi connectivity index (χ2n) is 2.61. The Bertz CT molecular complexity index is 406. The van der Waals surface area contributed by atoms with Gasteiger partial charge in [-0.25, -0.2) is 15.0 Å². The lowest BCUT2D eigenvalue weighted by Crippen LogP contribution is -2.00. The molecular formula is C8H7BrN4. The van der Waals surface area contributed by atoms with Crippen molar-refractivity contribution in [1.29, 1.82) is 0 Å². The molecule has 13 heavy (non-hydrogen) atoms. The van der Waals surface area contributed by atoms with Crippen LogP contribution in [0.2, 0.25) is 0 Å². The molecule has 0 aliphatic heterocycles. The first-order valence-corrected chi connectivity index (χ1v) is 4.53. The fourth-order valence-electron chi connectivity index (χ4n) is 1.00. The molecule has 0 saturated carbocycles. The zero-order chi connectivity index (χ0) is 9.26. The van der Waals surface area contributed by atoms with E-state index in [2.05, 4.69) is 30.9 Å². The predicted octanol–water partition coefficient (Wildman–Crippen LogP) is 1.73. The lowest BCUT2D eigenvalue weighted by atomic mass is 10.5. The van der Waals surface area contributed by atoms with Gasteiger partial charge in [0.25, 0.3) is 0 Å². The standard InChI is InChI=1S/C8H7BrN4/c1-6-2-10-5-13(6)8-11-3-7(9)4-12-8/h2-5H,1H3. The van der Waals surface area contributed by atoms with Crippen LogP contribution in [0.4, 0.5) is 0 Å². The molecule has 0 unspecified atom stereocenters. The van der Waals surface area contributed by atoms with Crippen LogP contribution in [0.25, 0.3) is 5.95 Å². The van der Waals surface area contributed by atoms with Crippen molar-refractivity contribution in [3.63, 3.8) is 0 Å². The number of aromatic nitrogens is 4. The van der Waals surface area contributed by atoms with Gasteiger partial charge in [-0.15, -0.1) is 0 Å². The molecule has 0 saturated heterocycles. The summed E-state index contributed by atoms with van der Waals surface area (Å²) in [5.41, 5.74) is 1.02. The third-order valence-electron chi connectivity index (χ3n) is 1.65. The Hall–Kier alpha value is -1.23. The number of imidazole rings is 1. The van der Waals surface area contributed by atoms with E-state index in [1.165, 1.54) is 0 Å². The summed E-state index contributed by atoms with van der Waals surface area (Å²) in [5.74, 6) is 0.637. The monoisotopic (exact) mass is 238 g/mol. The maximum atomic E-state index is 4.15. The van der Waals surface area contributed by atoms with Crippen molar-refractivity contribution in [1.82, 2.24) is 19.5 Å². The second kappa shape index (κ2) is 3.26. The maximum absolute atomic E-state index is 4.15. The average molecular weight is 239 g/mol. The molecule has 66 valence electrons. The molecule has 0 atom stereocenters. The van der Waals surface area contributed by atoms with Crippen molar-refractivity contribution in [3.8, 4) is 5.95 Å². The summed E-state index contributed by atoms with van der Waals surface area (Å²) >= 11 is 3.28. The van der Waals surface area contributed by atoms with Crippen LogP contribution in [0.1, 0.15) is 5.69 Å². The largest absolute Gasteiger partial charge is 0.272 e. The summed E-state index contributed by atoms with van der Waals surface area (Å²) in [4.78, 5) is 12.3. The Labute approximate surface area is 83.8 Å². The Morgan fingerprint density at radius 2 is 1.92 bits per heavy atom. The van der Waals surface area contributed by atoms with Gasteiger partial charge in [-0.3, -0.25) is 4.57 Å². The van der Waals surface area contributed by atoms with Gasteiger partial charge in [0.1, 0.15) is 6.33 Å². The molecule has 0 spiro atoms. The fraction of sp³-hybridized carbons (Fsp3) is 0.125. The normalized spacial score (nSPS) is 10.3. The van der Waals surface area contributed by atoms with Crippen molar-refractivity contribution < 1.29 is 0 Å². The van der Waals surface area contributed by atoms with Crippen LogP contribution in [-0.4, -0.2) is 19.5 Å². The van der Waals surface area contributed by atoms with Gasteiger partial charge in [0.2, 0.25) is 5.95 Å². The minimum absolute atomic E-state index is 0.637. The number of hydrogen-bond donors (Lipinski definition) is 0. The van der Waals surface area contributed by atoms with Crippen molar-refractivity contribution in [3.05, 3.63) is 35.1 Å². The molecule has 0 fully saturated rings. The number of rotatable bonds is 1. The summed E-state index contributed by atoms with van der Waals surface area (Å²) in [7, 11) is 0. The summed E-state index contributed by atoms with van der Waals surface area (Å²) in [6, 6.07) is 0. The van der Waals surface area contributed by atoms with E-state index in [0.29, 0.717) is 5.95 Å². The first-order valence-electron chi connectivity index (χ1n) is 3.74. The third-order valence-corrected chi connectivity index (χ3v) is 2.06. The molecule has 0 aliphatic rings. The second-order valence-corrected chi connectivity index (χ2v) is 3.52. The van der Waals surface area contributed by atoms with Gasteiger partial charge >= 0.3 is 0 Å². The Morgan fingerprint density at radius 1 is 1.23 bits per heavy atom. The summed E-state index contributed by atoms with van der Waals surface area (Å²) in [5, 5.41) is 0. The molecule has 0 aromatic carbocycles. The van der Waals surface area contributed by atoms with Crippen molar-refractivity contribution >= 4 is 15.9 Å². The highest BCUT2D eigenvalue weighted by Gasteiger charge is 2.01. The number of aryl methyl sites for hydroxylation is 1. The number of hydrogen-bond acceptors (Lipinski definition) is 3. The van der Waals surface area contributed by atoms with E-state index >= 15 is 0 Å². The van der Waals surface area contributed by atoms with Crippen LogP contribution < -0.4 is 0 Å². The van der Waals surface area contributed by atoms with Crippen LogP contribution >= 0.6 is 15.9 Å². The molecule has 2 aromatic rings. The molecule has 2 heterocycles. The third kappa shape index (κ3) is 1.60. The van der Waals surface area contributed by atoms with Crippen molar-refractivity contribution in [2.45, 2.75) is 6.92 Å². The van der Waals surface area contributed by atoms with E-state index in [-0.39, 0.29) is 0 Å². The van der Waals surface area contributed by atoms with E-state index in [9.17, 15) is 0 Å². The van der Waals surface area contributed by atoms with Gasteiger partial charge in [-0.05, 0) is 22.9 Å². The Morgan fingerprint density at radius 3 is 2.46 bits per heavy atom. The van der Waals surface area contributed by atoms with E-state index in [0.717, 1.165) is 10.2 Å². The predicted molar refractivity (Wildman–Crippen MR) is 51.6 cm³/mol. The van der Waals surface area contributed by atoms with Gasteiger partial charge in [0.05, 0.1) is 4.47 Å². The van der Waals surface area contributed by atoms with Gasteiger partial charge in [0, 0.05) is 24.3 Å².